The molecule has 0 saturated heterocycles. The van der Waals surface area contributed by atoms with Crippen molar-refractivity contribution >= 4 is 17.8 Å². The Morgan fingerprint density at radius 3 is 2.53 bits per heavy atom. The Labute approximate surface area is 201 Å². The number of nitrogens with one attached hydrogen (secondary N) is 2. The molecule has 2 unspecified atom stereocenters. The Morgan fingerprint density at radius 1 is 1.06 bits per heavy atom. The first-order valence-electron chi connectivity index (χ1n) is 12.9. The number of fused-ring (bicyclic) bond motifs is 1. The van der Waals surface area contributed by atoms with Gasteiger partial charge in [-0.05, 0) is 63.5 Å². The first-order valence-corrected chi connectivity index (χ1v) is 12.9. The van der Waals surface area contributed by atoms with Crippen molar-refractivity contribution in [1.29, 1.82) is 0 Å². The number of aromatic nitrogens is 1. The van der Waals surface area contributed by atoms with E-state index in [1.165, 1.54) is 6.92 Å². The standard InChI is InChI=1S/C26H39N3O5/c1-3-34-26(33)20-12-8-9-13-22(20)28-24(31)21-17-19-11-6-4-5-7-14-23(19)29(25(21)32)16-10-15-27-18(2)30/h17,20,22H,3-16H2,1-2H3,(H,27,30)(H,28,31). The number of hydrogen-bond acceptors (Lipinski definition) is 5. The van der Waals surface area contributed by atoms with Crippen LogP contribution in [0.4, 0.5) is 0 Å². The number of rotatable bonds is 8. The summed E-state index contributed by atoms with van der Waals surface area (Å²) >= 11 is 0. The highest BCUT2D eigenvalue weighted by atomic mass is 16.5. The van der Waals surface area contributed by atoms with Crippen molar-refractivity contribution < 1.29 is 19.1 Å². The average molecular weight is 474 g/mol. The lowest BCUT2D eigenvalue weighted by atomic mass is 9.84. The number of carbonyl (C=O) groups excluding carboxylic acids is 3. The third-order valence-electron chi connectivity index (χ3n) is 6.95. The number of amides is 2. The highest BCUT2D eigenvalue weighted by Crippen LogP contribution is 2.26. The molecule has 0 aromatic carbocycles. The topological polar surface area (TPSA) is 106 Å². The fourth-order valence-electron chi connectivity index (χ4n) is 5.22. The van der Waals surface area contributed by atoms with Gasteiger partial charge >= 0.3 is 5.97 Å². The maximum absolute atomic E-state index is 13.5. The summed E-state index contributed by atoms with van der Waals surface area (Å²) in [5, 5.41) is 5.78. The minimum atomic E-state index is -0.410. The molecular weight excluding hydrogens is 434 g/mol. The lowest BCUT2D eigenvalue weighted by Gasteiger charge is -2.30. The molecule has 0 aliphatic heterocycles. The summed E-state index contributed by atoms with van der Waals surface area (Å²) in [4.78, 5) is 50.5. The van der Waals surface area contributed by atoms with Crippen LogP contribution in [0.15, 0.2) is 10.9 Å². The van der Waals surface area contributed by atoms with E-state index in [-0.39, 0.29) is 35.0 Å². The number of nitrogens with zero attached hydrogens (tertiary/aromatic N) is 1. The molecule has 0 radical (unpaired) electrons. The minimum absolute atomic E-state index is 0.0978. The molecule has 2 aliphatic rings. The van der Waals surface area contributed by atoms with E-state index in [2.05, 4.69) is 10.6 Å². The van der Waals surface area contributed by atoms with Crippen LogP contribution >= 0.6 is 0 Å². The molecule has 1 heterocycles. The van der Waals surface area contributed by atoms with Crippen LogP contribution in [0.1, 0.15) is 93.3 Å². The predicted molar refractivity (Wildman–Crippen MR) is 130 cm³/mol. The van der Waals surface area contributed by atoms with Gasteiger partial charge in [-0.3, -0.25) is 19.2 Å². The van der Waals surface area contributed by atoms with Crippen molar-refractivity contribution in [3.8, 4) is 0 Å². The van der Waals surface area contributed by atoms with Crippen LogP contribution in [0.5, 0.6) is 0 Å². The lowest BCUT2D eigenvalue weighted by Crippen LogP contribution is -2.47. The largest absolute Gasteiger partial charge is 0.466 e. The molecule has 8 nitrogen and oxygen atoms in total. The zero-order valence-electron chi connectivity index (χ0n) is 20.6. The molecule has 2 N–H and O–H groups in total. The smallest absolute Gasteiger partial charge is 0.311 e. The fourth-order valence-corrected chi connectivity index (χ4v) is 5.22. The van der Waals surface area contributed by atoms with E-state index in [1.54, 1.807) is 17.6 Å². The SMILES string of the molecule is CCOC(=O)C1CCCCC1NC(=O)c1cc2c(n(CCCNC(C)=O)c1=O)CCCCCC2. The van der Waals surface area contributed by atoms with Crippen molar-refractivity contribution in [3.05, 3.63) is 33.2 Å². The van der Waals surface area contributed by atoms with Gasteiger partial charge in [0.25, 0.3) is 11.5 Å². The Hall–Kier alpha value is -2.64. The molecule has 0 bridgehead atoms. The summed E-state index contributed by atoms with van der Waals surface area (Å²) in [6, 6.07) is 1.46. The van der Waals surface area contributed by atoms with E-state index in [4.69, 9.17) is 4.74 Å². The zero-order valence-corrected chi connectivity index (χ0v) is 20.6. The van der Waals surface area contributed by atoms with E-state index in [0.29, 0.717) is 39.0 Å². The molecule has 1 aromatic rings. The summed E-state index contributed by atoms with van der Waals surface area (Å²) in [5.74, 6) is -1.16. The van der Waals surface area contributed by atoms with E-state index in [1.807, 2.05) is 0 Å². The van der Waals surface area contributed by atoms with Crippen LogP contribution in [0.25, 0.3) is 0 Å². The van der Waals surface area contributed by atoms with Crippen LogP contribution in [-0.4, -0.2) is 41.5 Å². The average Bonchev–Trinajstić information content (AvgIpc) is 2.79. The summed E-state index contributed by atoms with van der Waals surface area (Å²) in [6.07, 6.45) is 9.85. The van der Waals surface area contributed by atoms with E-state index >= 15 is 0 Å². The van der Waals surface area contributed by atoms with Crippen LogP contribution in [-0.2, 0) is 33.7 Å². The number of ether oxygens (including phenoxy) is 1. The number of aryl methyl sites for hydroxylation is 1. The van der Waals surface area contributed by atoms with Gasteiger partial charge in [0, 0.05) is 31.7 Å². The van der Waals surface area contributed by atoms with E-state index < -0.39 is 5.91 Å². The summed E-state index contributed by atoms with van der Waals surface area (Å²) < 4.78 is 6.98. The Bertz CT molecular complexity index is 939. The second-order valence-electron chi connectivity index (χ2n) is 9.46. The predicted octanol–water partition coefficient (Wildman–Crippen LogP) is 2.89. The molecule has 2 aliphatic carbocycles. The van der Waals surface area contributed by atoms with Gasteiger partial charge in [-0.2, -0.15) is 0 Å². The van der Waals surface area contributed by atoms with Gasteiger partial charge in [0.15, 0.2) is 0 Å². The highest BCUT2D eigenvalue weighted by molar-refractivity contribution is 5.94. The second kappa shape index (κ2) is 12.7. The zero-order chi connectivity index (χ0) is 24.5. The Balaban J connectivity index is 1.87. The molecule has 188 valence electrons. The van der Waals surface area contributed by atoms with E-state index in [0.717, 1.165) is 62.6 Å². The van der Waals surface area contributed by atoms with Crippen molar-refractivity contribution in [2.75, 3.05) is 13.2 Å². The van der Waals surface area contributed by atoms with Gasteiger partial charge in [0.1, 0.15) is 5.56 Å². The fraction of sp³-hybridized carbons (Fsp3) is 0.692. The van der Waals surface area contributed by atoms with Gasteiger partial charge < -0.3 is 19.9 Å². The first-order chi connectivity index (χ1) is 16.4. The number of pyridine rings is 1. The van der Waals surface area contributed by atoms with E-state index in [9.17, 15) is 19.2 Å². The van der Waals surface area contributed by atoms with Gasteiger partial charge in [0.2, 0.25) is 5.91 Å². The molecule has 0 spiro atoms. The molecule has 1 saturated carbocycles. The molecule has 34 heavy (non-hydrogen) atoms. The quantitative estimate of drug-likeness (QED) is 0.446. The summed E-state index contributed by atoms with van der Waals surface area (Å²) in [7, 11) is 0. The van der Waals surface area contributed by atoms with Crippen molar-refractivity contribution in [2.24, 2.45) is 5.92 Å². The highest BCUT2D eigenvalue weighted by Gasteiger charge is 2.34. The maximum Gasteiger partial charge on any atom is 0.311 e. The van der Waals surface area contributed by atoms with Gasteiger partial charge in [-0.15, -0.1) is 0 Å². The molecule has 2 amide bonds. The normalized spacial score (nSPS) is 20.4. The number of esters is 1. The summed E-state index contributed by atoms with van der Waals surface area (Å²) in [6.45, 7) is 4.50. The van der Waals surface area contributed by atoms with Gasteiger partial charge in [0.05, 0.1) is 12.5 Å². The van der Waals surface area contributed by atoms with Gasteiger partial charge in [-0.25, -0.2) is 0 Å². The number of hydrogen-bond donors (Lipinski definition) is 2. The molecule has 3 rings (SSSR count). The minimum Gasteiger partial charge on any atom is -0.466 e. The van der Waals surface area contributed by atoms with Crippen LogP contribution in [0.2, 0.25) is 0 Å². The lowest BCUT2D eigenvalue weighted by molar-refractivity contribution is -0.150. The molecule has 1 aromatic heterocycles. The van der Waals surface area contributed by atoms with Crippen LogP contribution < -0.4 is 16.2 Å². The monoisotopic (exact) mass is 473 g/mol. The van der Waals surface area contributed by atoms with Crippen molar-refractivity contribution in [2.45, 2.75) is 97.1 Å². The van der Waals surface area contributed by atoms with Crippen LogP contribution in [0, 0.1) is 5.92 Å². The molecule has 8 heteroatoms. The second-order valence-corrected chi connectivity index (χ2v) is 9.46. The molecular formula is C26H39N3O5. The first kappa shape index (κ1) is 26.0. The van der Waals surface area contributed by atoms with Crippen LogP contribution in [0.3, 0.4) is 0 Å². The third kappa shape index (κ3) is 6.70. The van der Waals surface area contributed by atoms with Crippen molar-refractivity contribution in [3.63, 3.8) is 0 Å². The Morgan fingerprint density at radius 2 is 1.79 bits per heavy atom. The molecule has 2 atom stereocenters. The maximum atomic E-state index is 13.5. The third-order valence-corrected chi connectivity index (χ3v) is 6.95. The van der Waals surface area contributed by atoms with Crippen molar-refractivity contribution in [1.82, 2.24) is 15.2 Å². The summed E-state index contributed by atoms with van der Waals surface area (Å²) in [5.41, 5.74) is 1.94. The molecule has 1 fully saturated rings. The number of carbonyl (C=O) groups is 3. The Kier molecular flexibility index (Phi) is 9.72. The van der Waals surface area contributed by atoms with Gasteiger partial charge in [-0.1, -0.05) is 25.7 Å².